The van der Waals surface area contributed by atoms with Crippen LogP contribution >= 0.6 is 0 Å². The maximum atomic E-state index is 13.3. The molecule has 1 aliphatic heterocycles. The van der Waals surface area contributed by atoms with E-state index in [1.807, 2.05) is 14.0 Å². The molecule has 0 unspecified atom stereocenters. The first-order valence-electron chi connectivity index (χ1n) is 10.6. The number of hydrogen-bond donors (Lipinski definition) is 1. The molecule has 0 aromatic heterocycles. The zero-order valence-corrected chi connectivity index (χ0v) is 18.7. The molecule has 1 aromatic carbocycles. The SMILES string of the molecule is Cc1ccc(S(=O)(=O)N(CC(=O)NC2CCCCC2)C(=O)N2CCN(C)CC2)cc1. The molecule has 30 heavy (non-hydrogen) atoms. The predicted molar refractivity (Wildman–Crippen MR) is 115 cm³/mol. The molecule has 0 bridgehead atoms. The van der Waals surface area contributed by atoms with Gasteiger partial charge in [-0.15, -0.1) is 0 Å². The fraction of sp³-hybridized carbons (Fsp3) is 0.619. The van der Waals surface area contributed by atoms with Crippen molar-refractivity contribution in [1.29, 1.82) is 0 Å². The molecule has 1 saturated heterocycles. The maximum Gasteiger partial charge on any atom is 0.334 e. The van der Waals surface area contributed by atoms with Gasteiger partial charge in [0.25, 0.3) is 10.0 Å². The summed E-state index contributed by atoms with van der Waals surface area (Å²) in [7, 11) is -2.19. The van der Waals surface area contributed by atoms with Gasteiger partial charge in [-0.1, -0.05) is 37.0 Å². The summed E-state index contributed by atoms with van der Waals surface area (Å²) in [4.78, 5) is 29.5. The number of rotatable bonds is 5. The van der Waals surface area contributed by atoms with Crippen molar-refractivity contribution in [2.75, 3.05) is 39.8 Å². The van der Waals surface area contributed by atoms with E-state index in [9.17, 15) is 18.0 Å². The molecule has 9 heteroatoms. The number of piperazine rings is 1. The second-order valence-electron chi connectivity index (χ2n) is 8.30. The van der Waals surface area contributed by atoms with E-state index < -0.39 is 28.5 Å². The van der Waals surface area contributed by atoms with E-state index >= 15 is 0 Å². The monoisotopic (exact) mass is 436 g/mol. The molecule has 8 nitrogen and oxygen atoms in total. The number of nitrogens with zero attached hydrogens (tertiary/aromatic N) is 3. The Morgan fingerprint density at radius 3 is 2.23 bits per heavy atom. The van der Waals surface area contributed by atoms with Gasteiger partial charge in [-0.25, -0.2) is 17.5 Å². The first-order valence-corrected chi connectivity index (χ1v) is 12.1. The first-order chi connectivity index (χ1) is 14.3. The molecule has 1 aliphatic carbocycles. The maximum absolute atomic E-state index is 13.3. The number of likely N-dealkylation sites (N-methyl/N-ethyl adjacent to an activating group) is 1. The Morgan fingerprint density at radius 2 is 1.63 bits per heavy atom. The van der Waals surface area contributed by atoms with Crippen LogP contribution in [0.3, 0.4) is 0 Å². The van der Waals surface area contributed by atoms with Gasteiger partial charge in [0.05, 0.1) is 4.90 Å². The highest BCUT2D eigenvalue weighted by atomic mass is 32.2. The van der Waals surface area contributed by atoms with E-state index in [2.05, 4.69) is 10.2 Å². The van der Waals surface area contributed by atoms with Gasteiger partial charge in [-0.2, -0.15) is 0 Å². The van der Waals surface area contributed by atoms with Crippen LogP contribution in [0.25, 0.3) is 0 Å². The number of carbonyl (C=O) groups is 2. The molecule has 0 spiro atoms. The molecule has 166 valence electrons. The molecule has 1 N–H and O–H groups in total. The Hall–Kier alpha value is -2.13. The lowest BCUT2D eigenvalue weighted by Crippen LogP contribution is -2.55. The minimum atomic E-state index is -4.15. The molecule has 2 fully saturated rings. The number of carbonyl (C=O) groups excluding carboxylic acids is 2. The van der Waals surface area contributed by atoms with Gasteiger partial charge in [0.2, 0.25) is 5.91 Å². The Labute approximate surface area is 179 Å². The van der Waals surface area contributed by atoms with Gasteiger partial charge in [-0.05, 0) is 38.9 Å². The highest BCUT2D eigenvalue weighted by Gasteiger charge is 2.35. The summed E-state index contributed by atoms with van der Waals surface area (Å²) < 4.78 is 27.4. The van der Waals surface area contributed by atoms with Crippen molar-refractivity contribution < 1.29 is 18.0 Å². The first kappa shape index (κ1) is 22.6. The summed E-state index contributed by atoms with van der Waals surface area (Å²) in [5, 5.41) is 2.92. The van der Waals surface area contributed by atoms with Gasteiger partial charge in [-0.3, -0.25) is 4.79 Å². The number of nitrogens with one attached hydrogen (secondary N) is 1. The molecular formula is C21H32N4O4S. The molecule has 1 aromatic rings. The van der Waals surface area contributed by atoms with E-state index in [-0.39, 0.29) is 10.9 Å². The Bertz CT molecular complexity index is 842. The summed E-state index contributed by atoms with van der Waals surface area (Å²) in [5.74, 6) is -0.430. The third-order valence-electron chi connectivity index (χ3n) is 5.85. The highest BCUT2D eigenvalue weighted by Crippen LogP contribution is 2.20. The van der Waals surface area contributed by atoms with Crippen molar-refractivity contribution in [2.45, 2.75) is 50.0 Å². The molecule has 1 heterocycles. The number of benzene rings is 1. The van der Waals surface area contributed by atoms with Crippen LogP contribution in [-0.4, -0.2) is 80.3 Å². The molecular weight excluding hydrogens is 404 g/mol. The summed E-state index contributed by atoms with van der Waals surface area (Å²) in [6.07, 6.45) is 5.04. The number of aryl methyl sites for hydroxylation is 1. The van der Waals surface area contributed by atoms with Crippen LogP contribution in [0.1, 0.15) is 37.7 Å². The largest absolute Gasteiger partial charge is 0.352 e. The van der Waals surface area contributed by atoms with E-state index in [1.165, 1.54) is 17.0 Å². The summed E-state index contributed by atoms with van der Waals surface area (Å²) in [5.41, 5.74) is 0.918. The zero-order chi connectivity index (χ0) is 21.7. The van der Waals surface area contributed by atoms with Crippen molar-refractivity contribution in [3.05, 3.63) is 29.8 Å². The average molecular weight is 437 g/mol. The van der Waals surface area contributed by atoms with Crippen molar-refractivity contribution in [1.82, 2.24) is 19.4 Å². The summed E-state index contributed by atoms with van der Waals surface area (Å²) in [6.45, 7) is 3.55. The molecule has 2 aliphatic rings. The predicted octanol–water partition coefficient (Wildman–Crippen LogP) is 1.80. The van der Waals surface area contributed by atoms with Crippen molar-refractivity contribution >= 4 is 22.0 Å². The Kier molecular flexibility index (Phi) is 7.36. The fourth-order valence-electron chi connectivity index (χ4n) is 3.90. The standard InChI is InChI=1S/C21H32N4O4S/c1-17-8-10-19(11-9-17)30(28,29)25(21(27)24-14-12-23(2)13-15-24)16-20(26)22-18-6-4-3-5-7-18/h8-11,18H,3-7,12-16H2,1-2H3,(H,22,26). The van der Waals surface area contributed by atoms with Gasteiger partial charge in [0.15, 0.2) is 0 Å². The lowest BCUT2D eigenvalue weighted by Gasteiger charge is -2.35. The van der Waals surface area contributed by atoms with Crippen molar-refractivity contribution in [3.8, 4) is 0 Å². The minimum absolute atomic E-state index is 0.0149. The van der Waals surface area contributed by atoms with Crippen LogP contribution in [0.15, 0.2) is 29.2 Å². The van der Waals surface area contributed by atoms with Crippen molar-refractivity contribution in [2.24, 2.45) is 0 Å². The third kappa shape index (κ3) is 5.51. The summed E-state index contributed by atoms with van der Waals surface area (Å²) >= 11 is 0. The topological polar surface area (TPSA) is 90.0 Å². The van der Waals surface area contributed by atoms with E-state index in [4.69, 9.17) is 0 Å². The highest BCUT2D eigenvalue weighted by molar-refractivity contribution is 7.89. The van der Waals surface area contributed by atoms with E-state index in [0.29, 0.717) is 26.2 Å². The quantitative estimate of drug-likeness (QED) is 0.760. The minimum Gasteiger partial charge on any atom is -0.352 e. The molecule has 3 rings (SSSR count). The second kappa shape index (κ2) is 9.78. The van der Waals surface area contributed by atoms with Crippen LogP contribution in [-0.2, 0) is 14.8 Å². The van der Waals surface area contributed by atoms with Crippen LogP contribution < -0.4 is 5.32 Å². The van der Waals surface area contributed by atoms with Crippen molar-refractivity contribution in [3.63, 3.8) is 0 Å². The molecule has 3 amide bonds. The Balaban J connectivity index is 1.81. The van der Waals surface area contributed by atoms with Gasteiger partial charge in [0.1, 0.15) is 6.54 Å². The normalized spacial score (nSPS) is 18.8. The van der Waals surface area contributed by atoms with Crippen LogP contribution in [0.4, 0.5) is 4.79 Å². The van der Waals surface area contributed by atoms with Crippen LogP contribution in [0.2, 0.25) is 0 Å². The molecule has 0 radical (unpaired) electrons. The number of hydrogen-bond acceptors (Lipinski definition) is 5. The number of urea groups is 1. The third-order valence-corrected chi connectivity index (χ3v) is 7.59. The van der Waals surface area contributed by atoms with E-state index in [0.717, 1.165) is 42.0 Å². The smallest absolute Gasteiger partial charge is 0.334 e. The van der Waals surface area contributed by atoms with Gasteiger partial charge < -0.3 is 15.1 Å². The van der Waals surface area contributed by atoms with Crippen LogP contribution in [0, 0.1) is 6.92 Å². The van der Waals surface area contributed by atoms with E-state index in [1.54, 1.807) is 12.1 Å². The molecule has 0 atom stereocenters. The van der Waals surface area contributed by atoms with Gasteiger partial charge >= 0.3 is 6.03 Å². The molecule has 1 saturated carbocycles. The Morgan fingerprint density at radius 1 is 1.03 bits per heavy atom. The zero-order valence-electron chi connectivity index (χ0n) is 17.8. The van der Waals surface area contributed by atoms with Crippen LogP contribution in [0.5, 0.6) is 0 Å². The second-order valence-corrected chi connectivity index (χ2v) is 10.2. The number of amides is 3. The number of sulfonamides is 1. The lowest BCUT2D eigenvalue weighted by molar-refractivity contribution is -0.122. The lowest BCUT2D eigenvalue weighted by atomic mass is 9.95. The fourth-order valence-corrected chi connectivity index (χ4v) is 5.24. The van der Waals surface area contributed by atoms with Gasteiger partial charge in [0, 0.05) is 32.2 Å². The average Bonchev–Trinajstić information content (AvgIpc) is 2.73. The summed E-state index contributed by atoms with van der Waals surface area (Å²) in [6, 6.07) is 5.75.